The molecule has 1 aliphatic heterocycles. The Morgan fingerprint density at radius 1 is 1.21 bits per heavy atom. The van der Waals surface area contributed by atoms with Gasteiger partial charge in [0.1, 0.15) is 6.61 Å². The summed E-state index contributed by atoms with van der Waals surface area (Å²) in [7, 11) is 0. The molecule has 0 saturated heterocycles. The van der Waals surface area contributed by atoms with Gasteiger partial charge in [0.25, 0.3) is 0 Å². The zero-order chi connectivity index (χ0) is 16.3. The van der Waals surface area contributed by atoms with Crippen LogP contribution in [0.2, 0.25) is 0 Å². The first-order chi connectivity index (χ1) is 11.1. The van der Waals surface area contributed by atoms with Gasteiger partial charge < -0.3 is 9.47 Å². The van der Waals surface area contributed by atoms with E-state index in [0.717, 1.165) is 5.56 Å². The Morgan fingerprint density at radius 3 is 2.62 bits per heavy atom. The Bertz CT molecular complexity index is 761. The Hall–Kier alpha value is -2.66. The standard InChI is InChI=1S/C18H15NO4.ClH/c1-18(14-7-3-2-4-8-14)16(20)10-15(23-18)17(21)22-12-13-6-5-9-19-11-13;/h2-11H,12H2,1H3;1H. The number of carbonyl (C=O) groups is 2. The summed E-state index contributed by atoms with van der Waals surface area (Å²) in [5.74, 6) is -1.02. The number of rotatable bonds is 4. The molecule has 3 rings (SSSR count). The fourth-order valence-corrected chi connectivity index (χ4v) is 2.32. The molecule has 0 amide bonds. The number of hydrogen-bond acceptors (Lipinski definition) is 5. The molecule has 1 aromatic carbocycles. The molecule has 0 spiro atoms. The van der Waals surface area contributed by atoms with Crippen LogP contribution in [-0.2, 0) is 31.3 Å². The summed E-state index contributed by atoms with van der Waals surface area (Å²) in [5.41, 5.74) is 0.261. The summed E-state index contributed by atoms with van der Waals surface area (Å²) >= 11 is 0. The van der Waals surface area contributed by atoms with Crippen molar-refractivity contribution in [3.63, 3.8) is 0 Å². The Labute approximate surface area is 145 Å². The van der Waals surface area contributed by atoms with E-state index in [9.17, 15) is 9.59 Å². The quantitative estimate of drug-likeness (QED) is 0.797. The monoisotopic (exact) mass is 345 g/mol. The van der Waals surface area contributed by atoms with Gasteiger partial charge in [-0.2, -0.15) is 0 Å². The molecular formula is C18H16ClNO4. The Balaban J connectivity index is 0.00000208. The second kappa shape index (κ2) is 7.27. The molecule has 1 aromatic heterocycles. The molecule has 5 nitrogen and oxygen atoms in total. The van der Waals surface area contributed by atoms with Crippen molar-refractivity contribution in [2.24, 2.45) is 0 Å². The highest BCUT2D eigenvalue weighted by atomic mass is 35.5. The number of esters is 1. The molecule has 0 fully saturated rings. The van der Waals surface area contributed by atoms with Crippen LogP contribution in [0.4, 0.5) is 0 Å². The van der Waals surface area contributed by atoms with Crippen LogP contribution in [0.5, 0.6) is 0 Å². The highest BCUT2D eigenvalue weighted by molar-refractivity contribution is 6.06. The first kappa shape index (κ1) is 17.7. The van der Waals surface area contributed by atoms with E-state index in [-0.39, 0.29) is 30.6 Å². The zero-order valence-electron chi connectivity index (χ0n) is 13.0. The minimum absolute atomic E-state index is 0. The normalized spacial score (nSPS) is 19.0. The van der Waals surface area contributed by atoms with Crippen LogP contribution < -0.4 is 0 Å². The van der Waals surface area contributed by atoms with Gasteiger partial charge in [-0.3, -0.25) is 9.78 Å². The van der Waals surface area contributed by atoms with Gasteiger partial charge >= 0.3 is 5.97 Å². The molecule has 1 atom stereocenters. The summed E-state index contributed by atoms with van der Waals surface area (Å²) in [4.78, 5) is 28.3. The largest absolute Gasteiger partial charge is 0.467 e. The van der Waals surface area contributed by atoms with Gasteiger partial charge in [0, 0.05) is 29.6 Å². The van der Waals surface area contributed by atoms with Crippen molar-refractivity contribution in [3.05, 3.63) is 77.8 Å². The highest BCUT2D eigenvalue weighted by Crippen LogP contribution is 2.35. The van der Waals surface area contributed by atoms with Crippen molar-refractivity contribution < 1.29 is 19.1 Å². The van der Waals surface area contributed by atoms with Crippen LogP contribution in [0.3, 0.4) is 0 Å². The molecule has 6 heteroatoms. The number of carbonyl (C=O) groups excluding carboxylic acids is 2. The topological polar surface area (TPSA) is 65.5 Å². The average Bonchev–Trinajstić information content (AvgIpc) is 2.91. The van der Waals surface area contributed by atoms with Crippen LogP contribution in [0.25, 0.3) is 0 Å². The first-order valence-corrected chi connectivity index (χ1v) is 7.16. The van der Waals surface area contributed by atoms with Gasteiger partial charge in [-0.25, -0.2) is 4.79 Å². The van der Waals surface area contributed by atoms with Crippen LogP contribution in [-0.4, -0.2) is 16.7 Å². The lowest BCUT2D eigenvalue weighted by atomic mass is 9.92. The number of ketones is 1. The molecule has 0 bridgehead atoms. The molecule has 0 saturated carbocycles. The van der Waals surface area contributed by atoms with Crippen LogP contribution in [0.15, 0.2) is 66.7 Å². The van der Waals surface area contributed by atoms with Crippen molar-refractivity contribution in [2.45, 2.75) is 19.1 Å². The van der Waals surface area contributed by atoms with E-state index < -0.39 is 11.6 Å². The summed E-state index contributed by atoms with van der Waals surface area (Å²) in [6.07, 6.45) is 4.44. The fourth-order valence-electron chi connectivity index (χ4n) is 2.32. The fraction of sp³-hybridized carbons (Fsp3) is 0.167. The molecule has 0 N–H and O–H groups in total. The predicted octanol–water partition coefficient (Wildman–Crippen LogP) is 2.95. The third-order valence-electron chi connectivity index (χ3n) is 3.67. The maximum absolute atomic E-state index is 12.3. The van der Waals surface area contributed by atoms with Gasteiger partial charge in [-0.1, -0.05) is 36.4 Å². The van der Waals surface area contributed by atoms with Gasteiger partial charge in [0.05, 0.1) is 0 Å². The summed E-state index contributed by atoms with van der Waals surface area (Å²) in [6, 6.07) is 12.6. The van der Waals surface area contributed by atoms with Gasteiger partial charge in [0.15, 0.2) is 5.60 Å². The van der Waals surface area contributed by atoms with E-state index in [0.29, 0.717) is 5.56 Å². The summed E-state index contributed by atoms with van der Waals surface area (Å²) < 4.78 is 10.8. The Kier molecular flexibility index (Phi) is 5.36. The van der Waals surface area contributed by atoms with E-state index in [1.165, 1.54) is 6.08 Å². The highest BCUT2D eigenvalue weighted by Gasteiger charge is 2.44. The smallest absolute Gasteiger partial charge is 0.374 e. The summed E-state index contributed by atoms with van der Waals surface area (Å²) in [6.45, 7) is 1.71. The van der Waals surface area contributed by atoms with Crippen molar-refractivity contribution >= 4 is 24.2 Å². The Morgan fingerprint density at radius 2 is 1.96 bits per heavy atom. The third kappa shape index (κ3) is 3.46. The molecule has 124 valence electrons. The van der Waals surface area contributed by atoms with Gasteiger partial charge in [-0.15, -0.1) is 12.4 Å². The average molecular weight is 346 g/mol. The molecule has 2 heterocycles. The van der Waals surface area contributed by atoms with E-state index >= 15 is 0 Å². The lowest BCUT2D eigenvalue weighted by Gasteiger charge is -2.23. The van der Waals surface area contributed by atoms with Crippen molar-refractivity contribution in [1.29, 1.82) is 0 Å². The molecule has 1 aliphatic rings. The van der Waals surface area contributed by atoms with Crippen molar-refractivity contribution in [3.8, 4) is 0 Å². The SMILES string of the molecule is CC1(c2ccccc2)OC(C(=O)OCc2cccnc2)=CC1=O.Cl. The number of hydrogen-bond donors (Lipinski definition) is 0. The number of pyridine rings is 1. The minimum atomic E-state index is -1.19. The number of aromatic nitrogens is 1. The molecule has 0 aliphatic carbocycles. The maximum Gasteiger partial charge on any atom is 0.374 e. The van der Waals surface area contributed by atoms with Gasteiger partial charge in [0.2, 0.25) is 11.5 Å². The molecule has 24 heavy (non-hydrogen) atoms. The summed E-state index contributed by atoms with van der Waals surface area (Å²) in [5, 5.41) is 0. The lowest BCUT2D eigenvalue weighted by Crippen LogP contribution is -2.30. The van der Waals surface area contributed by atoms with E-state index in [1.807, 2.05) is 18.2 Å². The number of ether oxygens (including phenoxy) is 2. The minimum Gasteiger partial charge on any atom is -0.467 e. The molecule has 1 unspecified atom stereocenters. The van der Waals surface area contributed by atoms with Crippen LogP contribution in [0.1, 0.15) is 18.1 Å². The van der Waals surface area contributed by atoms with E-state index in [4.69, 9.17) is 9.47 Å². The molecular weight excluding hydrogens is 330 g/mol. The second-order valence-electron chi connectivity index (χ2n) is 5.31. The van der Waals surface area contributed by atoms with E-state index in [1.54, 1.807) is 43.6 Å². The first-order valence-electron chi connectivity index (χ1n) is 7.16. The van der Waals surface area contributed by atoms with Gasteiger partial charge in [-0.05, 0) is 13.0 Å². The van der Waals surface area contributed by atoms with Crippen LogP contribution >= 0.6 is 12.4 Å². The van der Waals surface area contributed by atoms with Crippen molar-refractivity contribution in [1.82, 2.24) is 4.98 Å². The lowest BCUT2D eigenvalue weighted by molar-refractivity contribution is -0.147. The second-order valence-corrected chi connectivity index (χ2v) is 5.31. The maximum atomic E-state index is 12.3. The molecule has 0 radical (unpaired) electrons. The van der Waals surface area contributed by atoms with E-state index in [2.05, 4.69) is 4.98 Å². The van der Waals surface area contributed by atoms with Crippen molar-refractivity contribution in [2.75, 3.05) is 0 Å². The van der Waals surface area contributed by atoms with Crippen LogP contribution in [0, 0.1) is 0 Å². The third-order valence-corrected chi connectivity index (χ3v) is 3.67. The predicted molar refractivity (Wildman–Crippen MR) is 89.3 cm³/mol. The number of nitrogens with zero attached hydrogens (tertiary/aromatic N) is 1. The number of benzene rings is 1. The zero-order valence-corrected chi connectivity index (χ0v) is 13.8. The molecule has 2 aromatic rings. The number of halogens is 1.